The Bertz CT molecular complexity index is 431. The molecule has 1 atom stereocenters. The van der Waals surface area contributed by atoms with Crippen molar-refractivity contribution in [2.45, 2.75) is 18.9 Å². The molecule has 1 aliphatic rings. The highest BCUT2D eigenvalue weighted by atomic mass is 79.9. The first-order valence-corrected chi connectivity index (χ1v) is 6.30. The summed E-state index contributed by atoms with van der Waals surface area (Å²) in [5.41, 5.74) is 0.562. The third-order valence-electron chi connectivity index (χ3n) is 2.70. The van der Waals surface area contributed by atoms with E-state index in [2.05, 4.69) is 26.6 Å². The number of halogens is 1. The fourth-order valence-corrected chi connectivity index (χ4v) is 2.02. The van der Waals surface area contributed by atoms with Gasteiger partial charge in [0, 0.05) is 16.6 Å². The van der Waals surface area contributed by atoms with Crippen LogP contribution in [0.4, 0.5) is 0 Å². The Labute approximate surface area is 108 Å². The van der Waals surface area contributed by atoms with Crippen molar-refractivity contribution in [3.8, 4) is 0 Å². The van der Waals surface area contributed by atoms with Gasteiger partial charge in [-0.05, 0) is 37.1 Å². The van der Waals surface area contributed by atoms with Crippen molar-refractivity contribution in [2.24, 2.45) is 0 Å². The second-order valence-electron chi connectivity index (χ2n) is 3.97. The van der Waals surface area contributed by atoms with E-state index < -0.39 is 6.04 Å². The zero-order valence-corrected chi connectivity index (χ0v) is 10.8. The van der Waals surface area contributed by atoms with Gasteiger partial charge in [0.2, 0.25) is 5.91 Å². The van der Waals surface area contributed by atoms with Gasteiger partial charge in [-0.25, -0.2) is 0 Å². The van der Waals surface area contributed by atoms with Gasteiger partial charge >= 0.3 is 0 Å². The molecule has 1 fully saturated rings. The number of hydrogen-bond donors (Lipinski definition) is 2. The summed E-state index contributed by atoms with van der Waals surface area (Å²) in [6.07, 6.45) is 1.60. The maximum absolute atomic E-state index is 11.9. The molecule has 0 aliphatic carbocycles. The molecule has 0 radical (unpaired) electrons. The lowest BCUT2D eigenvalue weighted by atomic mass is 10.1. The molecule has 5 heteroatoms. The highest BCUT2D eigenvalue weighted by molar-refractivity contribution is 9.10. The number of carbonyl (C=O) groups is 2. The Kier molecular flexibility index (Phi) is 3.78. The van der Waals surface area contributed by atoms with Crippen molar-refractivity contribution >= 4 is 27.7 Å². The van der Waals surface area contributed by atoms with Crippen LogP contribution < -0.4 is 10.6 Å². The van der Waals surface area contributed by atoms with Crippen LogP contribution in [0.25, 0.3) is 0 Å². The van der Waals surface area contributed by atoms with E-state index in [1.165, 1.54) is 0 Å². The molecular formula is C12H13BrN2O2. The van der Waals surface area contributed by atoms with Crippen molar-refractivity contribution in [1.29, 1.82) is 0 Å². The van der Waals surface area contributed by atoms with Crippen LogP contribution >= 0.6 is 15.9 Å². The van der Waals surface area contributed by atoms with Gasteiger partial charge in [0.1, 0.15) is 6.04 Å². The molecule has 17 heavy (non-hydrogen) atoms. The van der Waals surface area contributed by atoms with E-state index in [1.807, 2.05) is 0 Å². The highest BCUT2D eigenvalue weighted by Gasteiger charge is 2.23. The Balaban J connectivity index is 2.01. The predicted octanol–water partition coefficient (Wildman–Crippen LogP) is 1.46. The molecule has 1 heterocycles. The topological polar surface area (TPSA) is 58.2 Å². The van der Waals surface area contributed by atoms with Crippen molar-refractivity contribution < 1.29 is 9.59 Å². The number of amides is 2. The standard InChI is InChI=1S/C12H13BrN2O2/c13-9-5-3-8(4-6-9)11(16)15-10-2-1-7-14-12(10)17/h3-6,10H,1-2,7H2,(H,14,17)(H,15,16). The summed E-state index contributed by atoms with van der Waals surface area (Å²) in [6.45, 7) is 0.698. The Morgan fingerprint density at radius 3 is 2.71 bits per heavy atom. The maximum Gasteiger partial charge on any atom is 0.251 e. The zero-order valence-electron chi connectivity index (χ0n) is 9.20. The van der Waals surface area contributed by atoms with Crippen LogP contribution in [0.2, 0.25) is 0 Å². The highest BCUT2D eigenvalue weighted by Crippen LogP contribution is 2.11. The predicted molar refractivity (Wildman–Crippen MR) is 67.6 cm³/mol. The summed E-state index contributed by atoms with van der Waals surface area (Å²) >= 11 is 3.31. The molecule has 0 saturated carbocycles. The third-order valence-corrected chi connectivity index (χ3v) is 3.23. The summed E-state index contributed by atoms with van der Waals surface area (Å²) in [4.78, 5) is 23.3. The second-order valence-corrected chi connectivity index (χ2v) is 4.88. The number of hydrogen-bond acceptors (Lipinski definition) is 2. The van der Waals surface area contributed by atoms with Crippen molar-refractivity contribution in [1.82, 2.24) is 10.6 Å². The minimum atomic E-state index is -0.403. The van der Waals surface area contributed by atoms with Crippen LogP contribution in [0.3, 0.4) is 0 Å². The Hall–Kier alpha value is -1.36. The van der Waals surface area contributed by atoms with Gasteiger partial charge < -0.3 is 10.6 Å². The minimum absolute atomic E-state index is 0.0956. The fraction of sp³-hybridized carbons (Fsp3) is 0.333. The zero-order chi connectivity index (χ0) is 12.3. The molecule has 1 aromatic rings. The van der Waals surface area contributed by atoms with Gasteiger partial charge in [-0.1, -0.05) is 15.9 Å². The molecule has 1 aliphatic heterocycles. The van der Waals surface area contributed by atoms with E-state index in [4.69, 9.17) is 0 Å². The number of rotatable bonds is 2. The first-order valence-electron chi connectivity index (χ1n) is 5.51. The molecule has 2 N–H and O–H groups in total. The fourth-order valence-electron chi connectivity index (χ4n) is 1.75. The van der Waals surface area contributed by atoms with Gasteiger partial charge in [0.15, 0.2) is 0 Å². The van der Waals surface area contributed by atoms with E-state index in [9.17, 15) is 9.59 Å². The Morgan fingerprint density at radius 1 is 1.35 bits per heavy atom. The Morgan fingerprint density at radius 2 is 2.06 bits per heavy atom. The molecule has 0 aromatic heterocycles. The van der Waals surface area contributed by atoms with E-state index >= 15 is 0 Å². The average molecular weight is 297 g/mol. The van der Waals surface area contributed by atoms with Crippen LogP contribution in [-0.4, -0.2) is 24.4 Å². The van der Waals surface area contributed by atoms with Gasteiger partial charge in [-0.15, -0.1) is 0 Å². The number of benzene rings is 1. The molecule has 1 aromatic carbocycles. The number of nitrogens with one attached hydrogen (secondary N) is 2. The molecule has 1 saturated heterocycles. The van der Waals surface area contributed by atoms with Gasteiger partial charge in [0.05, 0.1) is 0 Å². The number of piperidine rings is 1. The minimum Gasteiger partial charge on any atom is -0.354 e. The van der Waals surface area contributed by atoms with E-state index in [-0.39, 0.29) is 11.8 Å². The molecule has 90 valence electrons. The lowest BCUT2D eigenvalue weighted by Crippen LogP contribution is -2.50. The van der Waals surface area contributed by atoms with E-state index in [0.29, 0.717) is 18.5 Å². The number of carbonyl (C=O) groups excluding carboxylic acids is 2. The SMILES string of the molecule is O=C(NC1CCCNC1=O)c1ccc(Br)cc1. The smallest absolute Gasteiger partial charge is 0.251 e. The largest absolute Gasteiger partial charge is 0.354 e. The molecule has 2 rings (SSSR count). The molecule has 2 amide bonds. The van der Waals surface area contributed by atoms with E-state index in [0.717, 1.165) is 10.9 Å². The van der Waals surface area contributed by atoms with Crippen LogP contribution in [0.1, 0.15) is 23.2 Å². The van der Waals surface area contributed by atoms with Crippen molar-refractivity contribution in [3.63, 3.8) is 0 Å². The normalized spacial score (nSPS) is 19.6. The lowest BCUT2D eigenvalue weighted by Gasteiger charge is -2.22. The van der Waals surface area contributed by atoms with Gasteiger partial charge in [0.25, 0.3) is 5.91 Å². The van der Waals surface area contributed by atoms with Crippen molar-refractivity contribution in [3.05, 3.63) is 34.3 Å². The van der Waals surface area contributed by atoms with Crippen LogP contribution in [-0.2, 0) is 4.79 Å². The van der Waals surface area contributed by atoms with Crippen LogP contribution in [0.15, 0.2) is 28.7 Å². The molecule has 0 spiro atoms. The van der Waals surface area contributed by atoms with Gasteiger partial charge in [-0.2, -0.15) is 0 Å². The quantitative estimate of drug-likeness (QED) is 0.868. The first kappa shape index (κ1) is 12.1. The van der Waals surface area contributed by atoms with Crippen LogP contribution in [0.5, 0.6) is 0 Å². The summed E-state index contributed by atoms with van der Waals surface area (Å²) in [5, 5.41) is 5.47. The summed E-state index contributed by atoms with van der Waals surface area (Å²) in [7, 11) is 0. The lowest BCUT2D eigenvalue weighted by molar-refractivity contribution is -0.124. The second kappa shape index (κ2) is 5.31. The average Bonchev–Trinajstić information content (AvgIpc) is 2.33. The van der Waals surface area contributed by atoms with Crippen LogP contribution in [0, 0.1) is 0 Å². The third kappa shape index (κ3) is 3.06. The monoisotopic (exact) mass is 296 g/mol. The molecule has 1 unspecified atom stereocenters. The first-order chi connectivity index (χ1) is 8.16. The van der Waals surface area contributed by atoms with Gasteiger partial charge in [-0.3, -0.25) is 9.59 Å². The molecule has 4 nitrogen and oxygen atoms in total. The molecule has 0 bridgehead atoms. The summed E-state index contributed by atoms with van der Waals surface area (Å²) in [5.74, 6) is -0.304. The maximum atomic E-state index is 11.9. The molecular weight excluding hydrogens is 284 g/mol. The van der Waals surface area contributed by atoms with Crippen molar-refractivity contribution in [2.75, 3.05) is 6.54 Å². The summed E-state index contributed by atoms with van der Waals surface area (Å²) < 4.78 is 0.921. The van der Waals surface area contributed by atoms with E-state index in [1.54, 1.807) is 24.3 Å². The summed E-state index contributed by atoms with van der Waals surface area (Å²) in [6, 6.07) is 6.64.